The molecule has 0 aliphatic rings. The molecule has 0 fully saturated rings. The predicted octanol–water partition coefficient (Wildman–Crippen LogP) is 2.91. The van der Waals surface area contributed by atoms with Crippen LogP contribution in [0.4, 0.5) is 0 Å². The monoisotopic (exact) mass is 265 g/mol. The van der Waals surface area contributed by atoms with Crippen molar-refractivity contribution in [3.63, 3.8) is 0 Å². The molecule has 1 unspecified atom stereocenters. The Labute approximate surface area is 117 Å². The molecule has 0 spiro atoms. The maximum atomic E-state index is 10.7. The summed E-state index contributed by atoms with van der Waals surface area (Å²) in [5.41, 5.74) is 2.32. The van der Waals surface area contributed by atoms with Gasteiger partial charge in [0.1, 0.15) is 5.75 Å². The summed E-state index contributed by atoms with van der Waals surface area (Å²) in [6.45, 7) is 9.87. The van der Waals surface area contributed by atoms with Crippen LogP contribution >= 0.6 is 0 Å². The molecule has 0 aliphatic carbocycles. The fraction of sp³-hybridized carbons (Fsp3) is 0.625. The summed E-state index contributed by atoms with van der Waals surface area (Å²) >= 11 is 0. The Bertz CT molecular complexity index is 413. The van der Waals surface area contributed by atoms with Gasteiger partial charge in [0, 0.05) is 0 Å². The number of hydrogen-bond donors (Lipinski definition) is 2. The van der Waals surface area contributed by atoms with E-state index in [0.717, 1.165) is 42.0 Å². The van der Waals surface area contributed by atoms with E-state index in [1.165, 1.54) is 0 Å². The van der Waals surface area contributed by atoms with Crippen LogP contribution in [0.15, 0.2) is 12.1 Å². The summed E-state index contributed by atoms with van der Waals surface area (Å²) in [6.07, 6.45) is 1.82. The second kappa shape index (κ2) is 6.92. The number of hydrogen-bond acceptors (Lipinski definition) is 3. The van der Waals surface area contributed by atoms with Crippen LogP contribution in [0.2, 0.25) is 0 Å². The fourth-order valence-electron chi connectivity index (χ4n) is 2.36. The summed E-state index contributed by atoms with van der Waals surface area (Å²) in [5, 5.41) is 14.0. The lowest BCUT2D eigenvalue weighted by atomic mass is 9.87. The highest BCUT2D eigenvalue weighted by Gasteiger charge is 2.25. The first-order valence-corrected chi connectivity index (χ1v) is 7.01. The van der Waals surface area contributed by atoms with Crippen LogP contribution in [0.1, 0.15) is 43.4 Å². The van der Waals surface area contributed by atoms with E-state index in [4.69, 9.17) is 4.74 Å². The standard InChI is InChI=1S/C16H27NO2/c1-6-8-17-9-7-16(4,18)14-10-13(3)15(19-5)11-12(14)2/h10-11,17-18H,6-9H2,1-5H3. The van der Waals surface area contributed by atoms with Gasteiger partial charge in [-0.05, 0) is 75.5 Å². The molecule has 0 bridgehead atoms. The lowest BCUT2D eigenvalue weighted by Gasteiger charge is -2.27. The highest BCUT2D eigenvalue weighted by Crippen LogP contribution is 2.31. The van der Waals surface area contributed by atoms with E-state index in [1.54, 1.807) is 7.11 Å². The fourth-order valence-corrected chi connectivity index (χ4v) is 2.36. The molecule has 0 saturated carbocycles. The van der Waals surface area contributed by atoms with Crippen LogP contribution in [-0.2, 0) is 5.60 Å². The highest BCUT2D eigenvalue weighted by molar-refractivity contribution is 5.43. The average Bonchev–Trinajstić information content (AvgIpc) is 2.36. The number of rotatable bonds is 7. The summed E-state index contributed by atoms with van der Waals surface area (Å²) in [6, 6.07) is 4.03. The minimum absolute atomic E-state index is 0.708. The van der Waals surface area contributed by atoms with E-state index < -0.39 is 5.60 Å². The van der Waals surface area contributed by atoms with E-state index >= 15 is 0 Å². The smallest absolute Gasteiger partial charge is 0.122 e. The minimum Gasteiger partial charge on any atom is -0.496 e. The zero-order chi connectivity index (χ0) is 14.5. The summed E-state index contributed by atoms with van der Waals surface area (Å²) in [7, 11) is 1.67. The molecule has 0 aromatic heterocycles. The number of methoxy groups -OCH3 is 1. The Hall–Kier alpha value is -1.06. The largest absolute Gasteiger partial charge is 0.496 e. The van der Waals surface area contributed by atoms with Gasteiger partial charge in [-0.25, -0.2) is 0 Å². The normalized spacial score (nSPS) is 14.2. The predicted molar refractivity (Wildman–Crippen MR) is 79.8 cm³/mol. The Balaban J connectivity index is 2.85. The number of aryl methyl sites for hydroxylation is 2. The van der Waals surface area contributed by atoms with Gasteiger partial charge in [-0.2, -0.15) is 0 Å². The second-order valence-corrected chi connectivity index (χ2v) is 5.41. The Morgan fingerprint density at radius 3 is 2.47 bits per heavy atom. The zero-order valence-electron chi connectivity index (χ0n) is 12.8. The SMILES string of the molecule is CCCNCCC(C)(O)c1cc(C)c(OC)cc1C. The number of ether oxygens (including phenoxy) is 1. The third-order valence-electron chi connectivity index (χ3n) is 3.54. The third kappa shape index (κ3) is 4.22. The summed E-state index contributed by atoms with van der Waals surface area (Å²) in [5.74, 6) is 0.876. The maximum absolute atomic E-state index is 10.7. The van der Waals surface area contributed by atoms with Crippen LogP contribution in [0.5, 0.6) is 5.75 Å². The van der Waals surface area contributed by atoms with Crippen LogP contribution < -0.4 is 10.1 Å². The van der Waals surface area contributed by atoms with Gasteiger partial charge in [-0.1, -0.05) is 6.92 Å². The van der Waals surface area contributed by atoms with Gasteiger partial charge < -0.3 is 15.2 Å². The molecule has 0 amide bonds. The second-order valence-electron chi connectivity index (χ2n) is 5.41. The van der Waals surface area contributed by atoms with Crippen molar-refractivity contribution in [1.82, 2.24) is 5.32 Å². The minimum atomic E-state index is -0.804. The maximum Gasteiger partial charge on any atom is 0.122 e. The van der Waals surface area contributed by atoms with Crippen molar-refractivity contribution >= 4 is 0 Å². The number of aliphatic hydroxyl groups is 1. The van der Waals surface area contributed by atoms with Crippen LogP contribution in [0, 0.1) is 13.8 Å². The number of benzene rings is 1. The molecule has 1 atom stereocenters. The molecule has 3 heteroatoms. The lowest BCUT2D eigenvalue weighted by molar-refractivity contribution is 0.0473. The van der Waals surface area contributed by atoms with Crippen molar-refractivity contribution in [3.05, 3.63) is 28.8 Å². The molecule has 0 saturated heterocycles. The molecule has 3 nitrogen and oxygen atoms in total. The van der Waals surface area contributed by atoms with Crippen molar-refractivity contribution in [2.24, 2.45) is 0 Å². The van der Waals surface area contributed by atoms with E-state index in [-0.39, 0.29) is 0 Å². The first-order chi connectivity index (χ1) is 8.92. The summed E-state index contributed by atoms with van der Waals surface area (Å²) in [4.78, 5) is 0. The molecule has 19 heavy (non-hydrogen) atoms. The molecule has 1 aromatic rings. The van der Waals surface area contributed by atoms with Gasteiger partial charge in [-0.15, -0.1) is 0 Å². The Kier molecular flexibility index (Phi) is 5.83. The van der Waals surface area contributed by atoms with Crippen molar-refractivity contribution in [2.75, 3.05) is 20.2 Å². The van der Waals surface area contributed by atoms with Gasteiger partial charge >= 0.3 is 0 Å². The van der Waals surface area contributed by atoms with E-state index in [0.29, 0.717) is 6.42 Å². The molecule has 2 N–H and O–H groups in total. The molecule has 1 rings (SSSR count). The topological polar surface area (TPSA) is 41.5 Å². The molecule has 0 radical (unpaired) electrons. The zero-order valence-corrected chi connectivity index (χ0v) is 12.8. The van der Waals surface area contributed by atoms with Crippen molar-refractivity contribution < 1.29 is 9.84 Å². The van der Waals surface area contributed by atoms with Gasteiger partial charge in [-0.3, -0.25) is 0 Å². The van der Waals surface area contributed by atoms with Gasteiger partial charge in [0.15, 0.2) is 0 Å². The van der Waals surface area contributed by atoms with E-state index in [1.807, 2.05) is 32.9 Å². The Morgan fingerprint density at radius 1 is 1.21 bits per heavy atom. The van der Waals surface area contributed by atoms with Gasteiger partial charge in [0.05, 0.1) is 12.7 Å². The highest BCUT2D eigenvalue weighted by atomic mass is 16.5. The first kappa shape index (κ1) is 16.0. The molecular weight excluding hydrogens is 238 g/mol. The average molecular weight is 265 g/mol. The quantitative estimate of drug-likeness (QED) is 0.745. The molecular formula is C16H27NO2. The van der Waals surface area contributed by atoms with E-state index in [2.05, 4.69) is 12.2 Å². The van der Waals surface area contributed by atoms with Crippen molar-refractivity contribution in [2.45, 2.75) is 46.1 Å². The molecule has 108 valence electrons. The Morgan fingerprint density at radius 2 is 1.89 bits per heavy atom. The number of nitrogens with one attached hydrogen (secondary N) is 1. The molecule has 0 aliphatic heterocycles. The van der Waals surface area contributed by atoms with Crippen LogP contribution in [0.25, 0.3) is 0 Å². The van der Waals surface area contributed by atoms with Crippen molar-refractivity contribution in [3.8, 4) is 5.75 Å². The third-order valence-corrected chi connectivity index (χ3v) is 3.54. The van der Waals surface area contributed by atoms with Gasteiger partial charge in [0.2, 0.25) is 0 Å². The van der Waals surface area contributed by atoms with E-state index in [9.17, 15) is 5.11 Å². The van der Waals surface area contributed by atoms with Crippen LogP contribution in [-0.4, -0.2) is 25.3 Å². The summed E-state index contributed by atoms with van der Waals surface area (Å²) < 4.78 is 5.31. The van der Waals surface area contributed by atoms with Crippen LogP contribution in [0.3, 0.4) is 0 Å². The van der Waals surface area contributed by atoms with Gasteiger partial charge in [0.25, 0.3) is 0 Å². The molecule has 1 aromatic carbocycles. The first-order valence-electron chi connectivity index (χ1n) is 7.01. The molecule has 0 heterocycles. The lowest BCUT2D eigenvalue weighted by Crippen LogP contribution is -2.29. The van der Waals surface area contributed by atoms with Crippen molar-refractivity contribution in [1.29, 1.82) is 0 Å².